The second-order valence-corrected chi connectivity index (χ2v) is 7.72. The van der Waals surface area contributed by atoms with E-state index >= 15 is 0 Å². The van der Waals surface area contributed by atoms with E-state index in [1.165, 1.54) is 4.90 Å². The average molecular weight is 419 g/mol. The van der Waals surface area contributed by atoms with Crippen LogP contribution < -0.4 is 11.1 Å². The zero-order chi connectivity index (χ0) is 22.0. The smallest absolute Gasteiger partial charge is 0.435 e. The number of likely N-dealkylation sites (tertiary alicyclic amines) is 1. The normalized spacial score (nSPS) is 18.4. The van der Waals surface area contributed by atoms with Crippen LogP contribution in [0.3, 0.4) is 0 Å². The fourth-order valence-electron chi connectivity index (χ4n) is 3.10. The molecule has 12 heteroatoms. The van der Waals surface area contributed by atoms with E-state index in [9.17, 15) is 27.6 Å². The Bertz CT molecular complexity index is 772. The molecule has 9 nitrogen and oxygen atoms in total. The van der Waals surface area contributed by atoms with Gasteiger partial charge in [-0.25, -0.2) is 9.78 Å². The third-order valence-corrected chi connectivity index (χ3v) is 4.25. The number of primary amides is 1. The number of nitrogens with zero attached hydrogens (tertiary/aromatic N) is 2. The van der Waals surface area contributed by atoms with Crippen molar-refractivity contribution in [3.8, 4) is 0 Å². The fourth-order valence-corrected chi connectivity index (χ4v) is 3.10. The highest BCUT2D eigenvalue weighted by Crippen LogP contribution is 2.30. The number of amides is 3. The Balaban J connectivity index is 2.28. The second kappa shape index (κ2) is 8.29. The number of hydrogen-bond donors (Lipinski definition) is 3. The lowest BCUT2D eigenvalue weighted by Gasteiger charge is -2.28. The van der Waals surface area contributed by atoms with E-state index in [1.807, 2.05) is 0 Å². The van der Waals surface area contributed by atoms with Gasteiger partial charge in [0.2, 0.25) is 11.8 Å². The van der Waals surface area contributed by atoms with Gasteiger partial charge in [-0.2, -0.15) is 13.2 Å². The SMILES string of the molecule is CC(C)(C)OC(=O)NC(Cc1[nH]cnc1C(F)(F)F)C(=O)N1CCCC1C(N)=O. The quantitative estimate of drug-likeness (QED) is 0.663. The van der Waals surface area contributed by atoms with Crippen LogP contribution in [0.2, 0.25) is 0 Å². The standard InChI is InChI=1S/C17H24F3N5O4/c1-16(2,3)29-15(28)24-10(7-9-12(17(18,19)20)23-8-22-9)14(27)25-6-4-5-11(25)13(21)26/h8,10-11H,4-7H2,1-3H3,(H2,21,26)(H,22,23)(H,24,28). The zero-order valence-corrected chi connectivity index (χ0v) is 16.3. The van der Waals surface area contributed by atoms with Gasteiger partial charge in [0.15, 0.2) is 5.69 Å². The van der Waals surface area contributed by atoms with Crippen LogP contribution in [0.5, 0.6) is 0 Å². The van der Waals surface area contributed by atoms with Crippen LogP contribution in [0.15, 0.2) is 6.33 Å². The summed E-state index contributed by atoms with van der Waals surface area (Å²) < 4.78 is 44.5. The molecule has 0 aliphatic carbocycles. The van der Waals surface area contributed by atoms with Gasteiger partial charge in [0.25, 0.3) is 0 Å². The fraction of sp³-hybridized carbons (Fsp3) is 0.647. The topological polar surface area (TPSA) is 130 Å². The third kappa shape index (κ3) is 5.84. The van der Waals surface area contributed by atoms with E-state index < -0.39 is 53.9 Å². The number of aromatic nitrogens is 2. The minimum absolute atomic E-state index is 0.202. The molecule has 1 fully saturated rings. The molecular weight excluding hydrogens is 395 g/mol. The number of imidazole rings is 1. The Morgan fingerprint density at radius 2 is 2.03 bits per heavy atom. The second-order valence-electron chi connectivity index (χ2n) is 7.72. The van der Waals surface area contributed by atoms with Gasteiger partial charge in [-0.1, -0.05) is 0 Å². The maximum Gasteiger partial charge on any atom is 0.435 e. The first-order chi connectivity index (χ1) is 13.3. The van der Waals surface area contributed by atoms with Gasteiger partial charge < -0.3 is 25.7 Å². The number of alkyl halides is 3. The molecule has 29 heavy (non-hydrogen) atoms. The Labute approximate surface area is 165 Å². The van der Waals surface area contributed by atoms with Crippen LogP contribution >= 0.6 is 0 Å². The van der Waals surface area contributed by atoms with Gasteiger partial charge in [0, 0.05) is 18.7 Å². The van der Waals surface area contributed by atoms with Crippen molar-refractivity contribution in [3.63, 3.8) is 0 Å². The van der Waals surface area contributed by atoms with Crippen molar-refractivity contribution < 1.29 is 32.3 Å². The molecule has 4 N–H and O–H groups in total. The number of alkyl carbamates (subject to hydrolysis) is 1. The molecule has 2 heterocycles. The van der Waals surface area contributed by atoms with E-state index in [0.717, 1.165) is 6.33 Å². The van der Waals surface area contributed by atoms with Crippen molar-refractivity contribution in [2.75, 3.05) is 6.54 Å². The van der Waals surface area contributed by atoms with E-state index in [1.54, 1.807) is 20.8 Å². The highest BCUT2D eigenvalue weighted by atomic mass is 19.4. The number of carbonyl (C=O) groups is 3. The molecule has 162 valence electrons. The van der Waals surface area contributed by atoms with Gasteiger partial charge in [-0.15, -0.1) is 0 Å². The van der Waals surface area contributed by atoms with E-state index in [0.29, 0.717) is 12.8 Å². The Hall–Kier alpha value is -2.79. The summed E-state index contributed by atoms with van der Waals surface area (Å²) in [6, 6.07) is -2.29. The molecule has 1 aromatic heterocycles. The molecule has 0 aromatic carbocycles. The van der Waals surface area contributed by atoms with Gasteiger partial charge in [-0.05, 0) is 33.6 Å². The third-order valence-electron chi connectivity index (χ3n) is 4.25. The first-order valence-electron chi connectivity index (χ1n) is 8.98. The molecule has 2 atom stereocenters. The summed E-state index contributed by atoms with van der Waals surface area (Å²) in [6.45, 7) is 5.00. The zero-order valence-electron chi connectivity index (χ0n) is 16.3. The number of nitrogens with two attached hydrogens (primary N) is 1. The highest BCUT2D eigenvalue weighted by Gasteiger charge is 2.40. The Morgan fingerprint density at radius 3 is 2.59 bits per heavy atom. The van der Waals surface area contributed by atoms with Gasteiger partial charge in [0.1, 0.15) is 17.7 Å². The lowest BCUT2D eigenvalue weighted by atomic mass is 10.1. The average Bonchev–Trinajstić information content (AvgIpc) is 3.20. The molecule has 0 saturated carbocycles. The van der Waals surface area contributed by atoms with E-state index in [2.05, 4.69) is 15.3 Å². The van der Waals surface area contributed by atoms with Crippen LogP contribution in [-0.4, -0.2) is 57.0 Å². The molecule has 3 amide bonds. The van der Waals surface area contributed by atoms with E-state index in [4.69, 9.17) is 10.5 Å². The van der Waals surface area contributed by atoms with Crippen LogP contribution in [0.4, 0.5) is 18.0 Å². The minimum Gasteiger partial charge on any atom is -0.444 e. The molecular formula is C17H24F3N5O4. The van der Waals surface area contributed by atoms with Crippen molar-refractivity contribution >= 4 is 17.9 Å². The summed E-state index contributed by atoms with van der Waals surface area (Å²) in [5, 5.41) is 2.31. The minimum atomic E-state index is -4.74. The maximum atomic E-state index is 13.1. The molecule has 1 aliphatic rings. The summed E-state index contributed by atoms with van der Waals surface area (Å²) in [7, 11) is 0. The summed E-state index contributed by atoms with van der Waals surface area (Å²) in [6.07, 6.45) is -4.52. The first kappa shape index (κ1) is 22.5. The predicted octanol–water partition coefficient (Wildman–Crippen LogP) is 1.34. The Morgan fingerprint density at radius 1 is 1.38 bits per heavy atom. The monoisotopic (exact) mass is 419 g/mol. The molecule has 1 saturated heterocycles. The lowest BCUT2D eigenvalue weighted by molar-refractivity contribution is -0.142. The van der Waals surface area contributed by atoms with Crippen LogP contribution in [-0.2, 0) is 26.9 Å². The number of ether oxygens (including phenoxy) is 1. The largest absolute Gasteiger partial charge is 0.444 e. The number of nitrogens with one attached hydrogen (secondary N) is 2. The molecule has 0 spiro atoms. The van der Waals surface area contributed by atoms with Crippen molar-refractivity contribution in [2.45, 2.75) is 63.9 Å². The summed E-state index contributed by atoms with van der Waals surface area (Å²) in [4.78, 5) is 43.5. The maximum absolute atomic E-state index is 13.1. The number of halogens is 3. The van der Waals surface area contributed by atoms with Crippen molar-refractivity contribution in [1.82, 2.24) is 20.2 Å². The lowest BCUT2D eigenvalue weighted by Crippen LogP contribution is -2.54. The highest BCUT2D eigenvalue weighted by molar-refractivity contribution is 5.91. The molecule has 1 aliphatic heterocycles. The molecule has 2 rings (SSSR count). The Kier molecular flexibility index (Phi) is 6.43. The van der Waals surface area contributed by atoms with Crippen molar-refractivity contribution in [3.05, 3.63) is 17.7 Å². The van der Waals surface area contributed by atoms with Crippen molar-refractivity contribution in [1.29, 1.82) is 0 Å². The van der Waals surface area contributed by atoms with Crippen molar-refractivity contribution in [2.24, 2.45) is 5.73 Å². The summed E-state index contributed by atoms with van der Waals surface area (Å²) >= 11 is 0. The molecule has 0 radical (unpaired) electrons. The number of H-pyrrole nitrogens is 1. The van der Waals surface area contributed by atoms with Crippen LogP contribution in [0.25, 0.3) is 0 Å². The number of hydrogen-bond acceptors (Lipinski definition) is 5. The van der Waals surface area contributed by atoms with Crippen LogP contribution in [0, 0.1) is 0 Å². The summed E-state index contributed by atoms with van der Waals surface area (Å²) in [5.41, 5.74) is 2.88. The first-order valence-corrected chi connectivity index (χ1v) is 8.98. The van der Waals surface area contributed by atoms with E-state index in [-0.39, 0.29) is 12.2 Å². The van der Waals surface area contributed by atoms with Gasteiger partial charge in [0.05, 0.1) is 6.33 Å². The molecule has 0 bridgehead atoms. The number of carbonyl (C=O) groups excluding carboxylic acids is 3. The number of aromatic amines is 1. The summed E-state index contributed by atoms with van der Waals surface area (Å²) in [5.74, 6) is -1.44. The number of rotatable bonds is 5. The molecule has 2 unspecified atom stereocenters. The molecule has 1 aromatic rings. The predicted molar refractivity (Wildman–Crippen MR) is 94.4 cm³/mol. The van der Waals surface area contributed by atoms with Gasteiger partial charge >= 0.3 is 12.3 Å². The van der Waals surface area contributed by atoms with Gasteiger partial charge in [-0.3, -0.25) is 9.59 Å². The van der Waals surface area contributed by atoms with Crippen LogP contribution in [0.1, 0.15) is 45.0 Å².